The summed E-state index contributed by atoms with van der Waals surface area (Å²) in [5, 5.41) is 0. The fourth-order valence-corrected chi connectivity index (χ4v) is 0. The molecule has 0 aromatic rings. The van der Waals surface area contributed by atoms with E-state index < -0.39 is 22.8 Å². The molecule has 0 bridgehead atoms. The Hall–Kier alpha value is 0.187. The van der Waals surface area contributed by atoms with Crippen molar-refractivity contribution in [3.8, 4) is 0 Å². The number of rotatable bonds is 0. The van der Waals surface area contributed by atoms with E-state index in [0.717, 1.165) is 0 Å². The molecule has 0 rings (SSSR count). The summed E-state index contributed by atoms with van der Waals surface area (Å²) >= 11 is -6.26. The second kappa shape index (κ2) is 1.11. The van der Waals surface area contributed by atoms with Crippen LogP contribution in [0.2, 0.25) is 0 Å². The van der Waals surface area contributed by atoms with Gasteiger partial charge in [0.25, 0.3) is 0 Å². The van der Waals surface area contributed by atoms with Gasteiger partial charge in [-0.25, -0.2) is 0 Å². The van der Waals surface area contributed by atoms with Crippen molar-refractivity contribution in [3.63, 3.8) is 0 Å². The van der Waals surface area contributed by atoms with Crippen molar-refractivity contribution in [1.29, 1.82) is 0 Å². The van der Waals surface area contributed by atoms with Gasteiger partial charge in [-0.2, -0.15) is 0 Å². The van der Waals surface area contributed by atoms with E-state index in [0.29, 0.717) is 0 Å². The molecule has 0 unspecified atom stereocenters. The Balaban J connectivity index is 6.05. The van der Waals surface area contributed by atoms with E-state index in [9.17, 15) is 0 Å². The minimum atomic E-state index is -6.26. The Morgan fingerprint density at radius 2 is 0.800 bits per heavy atom. The zero-order valence-electron chi connectivity index (χ0n) is 2.04. The molecule has 0 aliphatic rings. The van der Waals surface area contributed by atoms with Crippen LogP contribution in [0.1, 0.15) is 0 Å². The van der Waals surface area contributed by atoms with Crippen LogP contribution in [0.15, 0.2) is 0 Å². The first-order valence-corrected chi connectivity index (χ1v) is 6.22. The van der Waals surface area contributed by atoms with E-state index in [1.165, 1.54) is 0 Å². The Morgan fingerprint density at radius 3 is 0.800 bits per heavy atom. The second-order valence-electron chi connectivity index (χ2n) is 0.408. The molecule has 4 nitrogen and oxygen atoms in total. The summed E-state index contributed by atoms with van der Waals surface area (Å²) in [4.78, 5) is 0. The molecule has 30 valence electrons. The van der Waals surface area contributed by atoms with Crippen LogP contribution >= 0.6 is 0 Å². The van der Waals surface area contributed by atoms with Crippen LogP contribution in [0.5, 0.6) is 0 Å². The Morgan fingerprint density at radius 1 is 0.800 bits per heavy atom. The zero-order chi connectivity index (χ0) is 4.50. The van der Waals surface area contributed by atoms with Gasteiger partial charge in [-0.3, -0.25) is 0 Å². The van der Waals surface area contributed by atoms with Gasteiger partial charge in [-0.15, -0.1) is 0 Å². The molecule has 0 aliphatic heterocycles. The first-order valence-electron chi connectivity index (χ1n) is 0.667. The topological polar surface area (TPSA) is 68.3 Å². The van der Waals surface area contributed by atoms with Crippen molar-refractivity contribution < 1.29 is 32.7 Å². The van der Waals surface area contributed by atoms with Gasteiger partial charge in [0, 0.05) is 0 Å². The molecule has 0 heterocycles. The van der Waals surface area contributed by atoms with Gasteiger partial charge in [0.1, 0.15) is 0 Å². The van der Waals surface area contributed by atoms with Gasteiger partial charge in [-0.1, -0.05) is 0 Å². The van der Waals surface area contributed by atoms with Crippen molar-refractivity contribution in [2.24, 2.45) is 0 Å². The summed E-state index contributed by atoms with van der Waals surface area (Å²) < 4.78 is 34.6. The summed E-state index contributed by atoms with van der Waals surface area (Å²) in [7, 11) is 0. The summed E-state index contributed by atoms with van der Waals surface area (Å²) in [6.07, 6.45) is 0. The van der Waals surface area contributed by atoms with E-state index in [1.807, 2.05) is 0 Å². The monoisotopic (exact) mass is 302 g/mol. The first kappa shape index (κ1) is 5.19. The molecular weight excluding hydrogens is 308 g/mol. The summed E-state index contributed by atoms with van der Waals surface area (Å²) in [5.74, 6) is 0. The molecule has 5 heteroatoms. The van der Waals surface area contributed by atoms with Gasteiger partial charge in [0.2, 0.25) is 0 Å². The average molecular weight is 308 g/mol. The minimum absolute atomic E-state index is 6.26. The molecule has 0 N–H and O–H groups in total. The van der Waals surface area contributed by atoms with Crippen molar-refractivity contribution in [2.75, 3.05) is 0 Å². The Kier molecular flexibility index (Phi) is 1.15. The third kappa shape index (κ3) is 573. The maximum absolute atomic E-state index is 8.66. The molecule has 0 saturated carbocycles. The van der Waals surface area contributed by atoms with Gasteiger partial charge >= 0.3 is 32.7 Å². The molecule has 0 fully saturated rings. The third-order valence-electron chi connectivity index (χ3n) is 0. The van der Waals surface area contributed by atoms with Crippen LogP contribution in [-0.4, -0.2) is 0 Å². The SMILES string of the molecule is [O]=[Pu](=[O])(=[O])=[O]. The van der Waals surface area contributed by atoms with Crippen molar-refractivity contribution in [1.82, 2.24) is 0 Å². The second-order valence-corrected chi connectivity index (χ2v) is 3.81. The van der Waals surface area contributed by atoms with E-state index in [1.54, 1.807) is 0 Å². The van der Waals surface area contributed by atoms with Gasteiger partial charge in [-0.05, 0) is 0 Å². The summed E-state index contributed by atoms with van der Waals surface area (Å²) in [6, 6.07) is 0. The fourth-order valence-electron chi connectivity index (χ4n) is 0. The van der Waals surface area contributed by atoms with Crippen LogP contribution in [0.4, 0.5) is 0 Å². The summed E-state index contributed by atoms with van der Waals surface area (Å²) in [5.41, 5.74) is 0. The molecule has 5 heavy (non-hydrogen) atoms. The van der Waals surface area contributed by atoms with E-state index >= 15 is 0 Å². The van der Waals surface area contributed by atoms with Crippen molar-refractivity contribution in [2.45, 2.75) is 0 Å². The predicted molar refractivity (Wildman–Crippen MR) is 2.75 cm³/mol. The predicted octanol–water partition coefficient (Wildman–Crippen LogP) is -0.475. The molecule has 0 aliphatic carbocycles. The standard InChI is InChI=1S/4O.Pu. The first-order chi connectivity index (χ1) is 2.00. The summed E-state index contributed by atoms with van der Waals surface area (Å²) in [6.45, 7) is 0. The molecule has 0 spiro atoms. The fraction of sp³-hybridized carbons (Fsp3) is 0. The van der Waals surface area contributed by atoms with Gasteiger partial charge < -0.3 is 0 Å². The molecular formula is O4Pu. The average Bonchev–Trinajstić information content (AvgIpc) is 0.722. The number of hydrogen-bond acceptors (Lipinski definition) is 4. The van der Waals surface area contributed by atoms with Crippen LogP contribution < -0.4 is 0 Å². The molecule has 0 aromatic carbocycles. The van der Waals surface area contributed by atoms with Gasteiger partial charge in [0.05, 0.1) is 0 Å². The zero-order valence-corrected chi connectivity index (χ0v) is 5.44. The quantitative estimate of drug-likeness (QED) is 0.606. The molecule has 0 radical (unpaired) electrons. The van der Waals surface area contributed by atoms with Crippen molar-refractivity contribution >= 4 is 0 Å². The molecule has 0 aromatic heterocycles. The maximum atomic E-state index is 8.66. The van der Waals surface area contributed by atoms with Crippen LogP contribution in [0.25, 0.3) is 0 Å². The van der Waals surface area contributed by atoms with Crippen molar-refractivity contribution in [3.05, 3.63) is 0 Å². The molecule has 0 saturated heterocycles. The van der Waals surface area contributed by atoms with Crippen LogP contribution in [-0.2, 0) is 9.86 Å². The Bertz CT molecular complexity index is 155. The van der Waals surface area contributed by atoms with Crippen LogP contribution in [0, 0.1) is 22.8 Å². The van der Waals surface area contributed by atoms with E-state index in [-0.39, 0.29) is 0 Å². The van der Waals surface area contributed by atoms with E-state index in [4.69, 9.17) is 9.86 Å². The third-order valence-corrected chi connectivity index (χ3v) is 0. The molecule has 0 atom stereocenters. The van der Waals surface area contributed by atoms with Gasteiger partial charge in [0.15, 0.2) is 0 Å². The molecule has 0 amide bonds. The number of hydrogen-bond donors (Lipinski definition) is 0. The normalized spacial score (nSPS) is 11.2. The van der Waals surface area contributed by atoms with E-state index in [2.05, 4.69) is 0 Å². The van der Waals surface area contributed by atoms with Crippen LogP contribution in [0.3, 0.4) is 0 Å². The Labute approximate surface area is 33.0 Å².